The highest BCUT2D eigenvalue weighted by atomic mass is 32.2. The molecule has 4 nitrogen and oxygen atoms in total. The second-order valence-electron chi connectivity index (χ2n) is 7.39. The van der Waals surface area contributed by atoms with Crippen molar-refractivity contribution in [3.8, 4) is 0 Å². The van der Waals surface area contributed by atoms with Gasteiger partial charge < -0.3 is 5.11 Å². The smallest absolute Gasteiger partial charge is 0.396 e. The summed E-state index contributed by atoms with van der Waals surface area (Å²) in [5.41, 5.74) is -5.88. The first-order chi connectivity index (χ1) is 12.7. The molecule has 0 aliphatic heterocycles. The Morgan fingerprint density at radius 1 is 0.857 bits per heavy atom. The highest BCUT2D eigenvalue weighted by Gasteiger charge is 2.51. The number of aliphatic hydroxyl groups is 1. The van der Waals surface area contributed by atoms with Crippen molar-refractivity contribution in [2.45, 2.75) is 44.0 Å². The summed E-state index contributed by atoms with van der Waals surface area (Å²) in [7, 11) is -8.11. The minimum absolute atomic E-state index is 0.0316. The third-order valence-electron chi connectivity index (χ3n) is 4.56. The van der Waals surface area contributed by atoms with Crippen molar-refractivity contribution < 1.29 is 31.2 Å². The van der Waals surface area contributed by atoms with Crippen LogP contribution in [0.3, 0.4) is 0 Å². The van der Waals surface area contributed by atoms with Crippen molar-refractivity contribution in [1.29, 1.82) is 0 Å². The third kappa shape index (κ3) is 5.22. The highest BCUT2D eigenvalue weighted by molar-refractivity contribution is 7.86. The Morgan fingerprint density at radius 3 is 1.32 bits per heavy atom. The number of rotatable bonds is 3. The molecule has 0 radical (unpaired) electrons. The van der Waals surface area contributed by atoms with Gasteiger partial charge in [0.2, 0.25) is 0 Å². The van der Waals surface area contributed by atoms with Gasteiger partial charge in [0.05, 0.1) is 5.73 Å². The second-order valence-corrected chi connectivity index (χ2v) is 13.9. The molecule has 0 saturated carbocycles. The Balaban J connectivity index is 0.000000416. The Morgan fingerprint density at radius 2 is 1.14 bits per heavy atom. The van der Waals surface area contributed by atoms with E-state index >= 15 is 0 Å². The summed E-state index contributed by atoms with van der Waals surface area (Å²) in [6, 6.07) is 21.1. The molecule has 0 aromatic heterocycles. The molecule has 1 atom stereocenters. The van der Waals surface area contributed by atoms with Gasteiger partial charge in [0.1, 0.15) is 0 Å². The molecule has 0 fully saturated rings. The van der Waals surface area contributed by atoms with Gasteiger partial charge in [-0.3, -0.25) is 4.55 Å². The van der Waals surface area contributed by atoms with E-state index in [9.17, 15) is 18.3 Å². The minimum Gasteiger partial charge on any atom is -0.396 e. The molecular formula is C19H25F3O4SSi. The molecule has 0 saturated heterocycles. The van der Waals surface area contributed by atoms with Gasteiger partial charge in [-0.05, 0) is 12.0 Å². The number of aliphatic hydroxyl groups excluding tert-OH is 1. The van der Waals surface area contributed by atoms with Crippen LogP contribution in [0.4, 0.5) is 13.2 Å². The van der Waals surface area contributed by atoms with Crippen molar-refractivity contribution in [3.63, 3.8) is 0 Å². The zero-order valence-electron chi connectivity index (χ0n) is 16.1. The van der Waals surface area contributed by atoms with Gasteiger partial charge in [0.25, 0.3) is 0 Å². The fraction of sp³-hybridized carbons (Fsp3) is 0.368. The van der Waals surface area contributed by atoms with Crippen LogP contribution in [-0.4, -0.2) is 37.4 Å². The fourth-order valence-electron chi connectivity index (χ4n) is 3.54. The summed E-state index contributed by atoms with van der Waals surface area (Å²) in [4.78, 5) is 0. The lowest BCUT2D eigenvalue weighted by molar-refractivity contribution is -0.0510. The zero-order chi connectivity index (χ0) is 21.8. The van der Waals surface area contributed by atoms with Gasteiger partial charge in [-0.15, -0.1) is 0 Å². The van der Waals surface area contributed by atoms with Gasteiger partial charge in [-0.1, -0.05) is 91.8 Å². The van der Waals surface area contributed by atoms with Crippen LogP contribution in [0.15, 0.2) is 60.7 Å². The molecule has 2 rings (SSSR count). The zero-order valence-corrected chi connectivity index (χ0v) is 17.9. The Bertz CT molecular complexity index is 807. The lowest BCUT2D eigenvalue weighted by Gasteiger charge is -2.46. The van der Waals surface area contributed by atoms with Crippen LogP contribution in [0.25, 0.3) is 0 Å². The lowest BCUT2D eigenvalue weighted by atomic mass is 10.2. The summed E-state index contributed by atoms with van der Waals surface area (Å²) < 4.78 is 57.5. The van der Waals surface area contributed by atoms with E-state index in [1.54, 1.807) is 0 Å². The first kappa shape index (κ1) is 24.4. The first-order valence-corrected chi connectivity index (χ1v) is 12.0. The van der Waals surface area contributed by atoms with Crippen LogP contribution in [0, 0.1) is 0 Å². The van der Waals surface area contributed by atoms with Gasteiger partial charge in [0.15, 0.2) is 8.07 Å². The molecule has 2 aromatic rings. The van der Waals surface area contributed by atoms with Crippen molar-refractivity contribution in [3.05, 3.63) is 60.7 Å². The molecule has 0 aliphatic carbocycles. The van der Waals surface area contributed by atoms with E-state index in [4.69, 9.17) is 13.0 Å². The Kier molecular flexibility index (Phi) is 7.63. The molecular weight excluding hydrogens is 409 g/mol. The molecule has 28 heavy (non-hydrogen) atoms. The molecule has 2 aromatic carbocycles. The highest BCUT2D eigenvalue weighted by Crippen LogP contribution is 2.37. The fourth-order valence-corrected chi connectivity index (χ4v) is 9.26. The first-order valence-electron chi connectivity index (χ1n) is 8.48. The quantitative estimate of drug-likeness (QED) is 0.441. The van der Waals surface area contributed by atoms with Crippen LogP contribution in [-0.2, 0) is 10.1 Å². The number of halogens is 3. The summed E-state index contributed by atoms with van der Waals surface area (Å²) in [5, 5.41) is 13.4. The SMILES string of the molecule is CC(O)[Si](c1ccccc1)(c1ccccc1)C(C)(C)C.O=S(=O)(O)C(F)(F)F. The van der Waals surface area contributed by atoms with Crippen molar-refractivity contribution in [2.24, 2.45) is 0 Å². The van der Waals surface area contributed by atoms with Crippen LogP contribution in [0.2, 0.25) is 5.04 Å². The van der Waals surface area contributed by atoms with E-state index in [1.165, 1.54) is 10.4 Å². The summed E-state index contributed by atoms with van der Waals surface area (Å²) in [6.45, 7) is 8.72. The Labute approximate surface area is 164 Å². The number of hydrogen-bond acceptors (Lipinski definition) is 3. The average molecular weight is 435 g/mol. The molecule has 0 bridgehead atoms. The van der Waals surface area contributed by atoms with E-state index in [-0.39, 0.29) is 10.8 Å². The standard InChI is InChI=1S/C18H24OSi.CHF3O3S/c1-15(19)20(18(2,3)4,16-11-7-5-8-12-16)17-13-9-6-10-14-17;2-1(3,4)8(5,6)7/h5-15,19H,1-4H3;(H,5,6,7). The maximum Gasteiger partial charge on any atom is 0.522 e. The molecule has 2 N–H and O–H groups in total. The summed E-state index contributed by atoms with van der Waals surface area (Å²) >= 11 is 0. The maximum atomic E-state index is 10.8. The molecule has 0 spiro atoms. The molecule has 0 aliphatic rings. The molecule has 0 heterocycles. The van der Waals surface area contributed by atoms with Crippen LogP contribution in [0.1, 0.15) is 27.7 Å². The van der Waals surface area contributed by atoms with E-state index < -0.39 is 23.7 Å². The average Bonchev–Trinajstić information content (AvgIpc) is 2.54. The van der Waals surface area contributed by atoms with Crippen LogP contribution >= 0.6 is 0 Å². The van der Waals surface area contributed by atoms with E-state index in [1.807, 2.05) is 19.1 Å². The number of benzene rings is 2. The monoisotopic (exact) mass is 434 g/mol. The third-order valence-corrected chi connectivity index (χ3v) is 11.3. The number of hydrogen-bond donors (Lipinski definition) is 2. The van der Waals surface area contributed by atoms with Crippen molar-refractivity contribution in [1.82, 2.24) is 0 Å². The topological polar surface area (TPSA) is 74.6 Å². The lowest BCUT2D eigenvalue weighted by Crippen LogP contribution is -2.70. The van der Waals surface area contributed by atoms with Crippen molar-refractivity contribution >= 4 is 28.6 Å². The van der Waals surface area contributed by atoms with E-state index in [0.717, 1.165) is 0 Å². The predicted octanol–water partition coefficient (Wildman–Crippen LogP) is 3.36. The van der Waals surface area contributed by atoms with Crippen molar-refractivity contribution in [2.75, 3.05) is 0 Å². The van der Waals surface area contributed by atoms with Gasteiger partial charge in [0, 0.05) is 0 Å². The molecule has 0 amide bonds. The van der Waals surface area contributed by atoms with Gasteiger partial charge in [-0.25, -0.2) is 0 Å². The van der Waals surface area contributed by atoms with E-state index in [2.05, 4.69) is 69.3 Å². The maximum absolute atomic E-state index is 10.8. The number of alkyl halides is 3. The summed E-state index contributed by atoms with van der Waals surface area (Å²) in [5.74, 6) is 0. The normalized spacial score (nSPS) is 14.0. The predicted molar refractivity (Wildman–Crippen MR) is 107 cm³/mol. The minimum atomic E-state index is -5.84. The van der Waals surface area contributed by atoms with Gasteiger partial charge >= 0.3 is 15.6 Å². The van der Waals surface area contributed by atoms with E-state index in [0.29, 0.717) is 0 Å². The van der Waals surface area contributed by atoms with Gasteiger partial charge in [-0.2, -0.15) is 21.6 Å². The molecule has 9 heteroatoms. The molecule has 156 valence electrons. The Hall–Kier alpha value is -1.68. The largest absolute Gasteiger partial charge is 0.522 e. The second kappa shape index (κ2) is 8.77. The summed E-state index contributed by atoms with van der Waals surface area (Å²) in [6.07, 6.45) is 0. The van der Waals surface area contributed by atoms with Crippen LogP contribution < -0.4 is 10.4 Å². The molecule has 1 unspecified atom stereocenters. The van der Waals surface area contributed by atoms with Crippen LogP contribution in [0.5, 0.6) is 0 Å².